The molecule has 0 unspecified atom stereocenters. The molecule has 3 rings (SSSR count). The summed E-state index contributed by atoms with van der Waals surface area (Å²) in [7, 11) is 0. The lowest BCUT2D eigenvalue weighted by atomic mass is 10.5. The van der Waals surface area contributed by atoms with Gasteiger partial charge in [-0.1, -0.05) is 0 Å². The maximum absolute atomic E-state index is 4.42. The summed E-state index contributed by atoms with van der Waals surface area (Å²) in [4.78, 5) is 4.42. The Labute approximate surface area is 98.9 Å². The number of aromatic nitrogens is 5. The third kappa shape index (κ3) is 1.50. The average Bonchev–Trinajstić information content (AvgIpc) is 2.84. The Bertz CT molecular complexity index is 612. The average molecular weight is 311 g/mol. The number of halogens is 1. The van der Waals surface area contributed by atoms with E-state index in [9.17, 15) is 0 Å². The lowest BCUT2D eigenvalue weighted by Crippen LogP contribution is -2.00. The number of fused-ring (bicyclic) bond motifs is 1. The molecule has 0 radical (unpaired) electrons. The Balaban J connectivity index is 2.18. The van der Waals surface area contributed by atoms with Crippen molar-refractivity contribution in [3.63, 3.8) is 0 Å². The van der Waals surface area contributed by atoms with Gasteiger partial charge >= 0.3 is 0 Å². The zero-order valence-corrected chi connectivity index (χ0v) is 9.74. The molecule has 0 aliphatic rings. The Morgan fingerprint density at radius 3 is 2.93 bits per heavy atom. The lowest BCUT2D eigenvalue weighted by molar-refractivity contribution is 0.832. The van der Waals surface area contributed by atoms with E-state index in [0.29, 0.717) is 0 Å². The van der Waals surface area contributed by atoms with E-state index in [2.05, 4.69) is 37.8 Å². The van der Waals surface area contributed by atoms with E-state index in [1.807, 2.05) is 24.5 Å². The molecule has 0 atom stereocenters. The maximum atomic E-state index is 4.42. The highest BCUT2D eigenvalue weighted by Crippen LogP contribution is 2.08. The van der Waals surface area contributed by atoms with E-state index >= 15 is 0 Å². The molecule has 0 aliphatic heterocycles. The van der Waals surface area contributed by atoms with Crippen LogP contribution >= 0.6 is 22.6 Å². The smallest absolute Gasteiger partial charge is 0.157 e. The van der Waals surface area contributed by atoms with Crippen LogP contribution in [0.15, 0.2) is 36.9 Å². The fraction of sp³-hybridized carbons (Fsp3) is 0. The largest absolute Gasteiger partial charge is 0.222 e. The summed E-state index contributed by atoms with van der Waals surface area (Å²) in [6, 6.07) is 3.74. The highest BCUT2D eigenvalue weighted by Gasteiger charge is 2.02. The van der Waals surface area contributed by atoms with Crippen LogP contribution in [-0.4, -0.2) is 24.4 Å². The highest BCUT2D eigenvalue weighted by atomic mass is 127. The predicted molar refractivity (Wildman–Crippen MR) is 62.8 cm³/mol. The van der Waals surface area contributed by atoms with Crippen LogP contribution in [-0.2, 0) is 0 Å². The second kappa shape index (κ2) is 3.30. The van der Waals surface area contributed by atoms with Crippen LogP contribution in [0.25, 0.3) is 11.5 Å². The Morgan fingerprint density at radius 1 is 1.20 bits per heavy atom. The van der Waals surface area contributed by atoms with Gasteiger partial charge in [-0.3, -0.25) is 0 Å². The molecule has 5 nitrogen and oxygen atoms in total. The molecule has 0 bridgehead atoms. The Morgan fingerprint density at radius 2 is 2.13 bits per heavy atom. The predicted octanol–water partition coefficient (Wildman–Crippen LogP) is 1.52. The van der Waals surface area contributed by atoms with Crippen molar-refractivity contribution in [2.45, 2.75) is 0 Å². The van der Waals surface area contributed by atoms with Gasteiger partial charge < -0.3 is 0 Å². The van der Waals surface area contributed by atoms with Crippen molar-refractivity contribution in [1.29, 1.82) is 0 Å². The first-order chi connectivity index (χ1) is 7.33. The second-order valence-corrected chi connectivity index (χ2v) is 4.27. The summed E-state index contributed by atoms with van der Waals surface area (Å²) in [5.74, 6) is 0.797. The molecule has 0 fully saturated rings. The second-order valence-electron chi connectivity index (χ2n) is 3.02. The van der Waals surface area contributed by atoms with Gasteiger partial charge in [-0.25, -0.2) is 14.2 Å². The van der Waals surface area contributed by atoms with Crippen LogP contribution in [0.1, 0.15) is 0 Å². The molecular weight excluding hydrogens is 305 g/mol. The number of rotatable bonds is 1. The molecular formula is C9H6IN5. The molecule has 3 heterocycles. The standard InChI is InChI=1S/C9H6IN5/c10-7-5-12-15(6-7)9-2-4-14-8(13-9)1-3-11-14/h1-6H. The van der Waals surface area contributed by atoms with Crippen LogP contribution < -0.4 is 0 Å². The maximum Gasteiger partial charge on any atom is 0.157 e. The zero-order chi connectivity index (χ0) is 10.3. The van der Waals surface area contributed by atoms with Gasteiger partial charge in [0.2, 0.25) is 0 Å². The van der Waals surface area contributed by atoms with Gasteiger partial charge in [0, 0.05) is 24.5 Å². The van der Waals surface area contributed by atoms with Gasteiger partial charge in [0.05, 0.1) is 16.0 Å². The topological polar surface area (TPSA) is 48.0 Å². The number of hydrogen-bond acceptors (Lipinski definition) is 3. The Hall–Kier alpha value is -1.44. The van der Waals surface area contributed by atoms with E-state index in [4.69, 9.17) is 0 Å². The molecule has 0 saturated carbocycles. The van der Waals surface area contributed by atoms with Crippen molar-refractivity contribution in [2.75, 3.05) is 0 Å². The van der Waals surface area contributed by atoms with E-state index < -0.39 is 0 Å². The molecule has 6 heteroatoms. The van der Waals surface area contributed by atoms with Gasteiger partial charge in [0.25, 0.3) is 0 Å². The summed E-state index contributed by atoms with van der Waals surface area (Å²) in [5.41, 5.74) is 0.818. The van der Waals surface area contributed by atoms with Crippen LogP contribution in [0, 0.1) is 3.57 Å². The van der Waals surface area contributed by atoms with Crippen LogP contribution in [0.3, 0.4) is 0 Å². The zero-order valence-electron chi connectivity index (χ0n) is 7.58. The van der Waals surface area contributed by atoms with Gasteiger partial charge in [0.1, 0.15) is 0 Å². The van der Waals surface area contributed by atoms with Crippen LogP contribution in [0.5, 0.6) is 0 Å². The van der Waals surface area contributed by atoms with Crippen molar-refractivity contribution in [1.82, 2.24) is 24.4 Å². The van der Waals surface area contributed by atoms with Crippen molar-refractivity contribution in [2.24, 2.45) is 0 Å². The van der Waals surface area contributed by atoms with Gasteiger partial charge in [-0.05, 0) is 22.6 Å². The van der Waals surface area contributed by atoms with E-state index in [-0.39, 0.29) is 0 Å². The van der Waals surface area contributed by atoms with Crippen molar-refractivity contribution < 1.29 is 0 Å². The van der Waals surface area contributed by atoms with E-state index in [1.54, 1.807) is 21.6 Å². The van der Waals surface area contributed by atoms with Gasteiger partial charge in [-0.15, -0.1) is 0 Å². The summed E-state index contributed by atoms with van der Waals surface area (Å²) >= 11 is 2.22. The lowest BCUT2D eigenvalue weighted by Gasteiger charge is -1.99. The first-order valence-corrected chi connectivity index (χ1v) is 5.42. The summed E-state index contributed by atoms with van der Waals surface area (Å²) in [5, 5.41) is 8.28. The van der Waals surface area contributed by atoms with Crippen molar-refractivity contribution >= 4 is 28.2 Å². The third-order valence-electron chi connectivity index (χ3n) is 2.03. The summed E-state index contributed by atoms with van der Waals surface area (Å²) < 4.78 is 4.55. The fourth-order valence-corrected chi connectivity index (χ4v) is 1.74. The SMILES string of the molecule is Ic1cnn(-c2ccn3nccc3n2)c1. The van der Waals surface area contributed by atoms with Crippen molar-refractivity contribution in [3.05, 3.63) is 40.5 Å². The fourth-order valence-electron chi connectivity index (χ4n) is 1.36. The first-order valence-electron chi connectivity index (χ1n) is 4.34. The highest BCUT2D eigenvalue weighted by molar-refractivity contribution is 14.1. The number of nitrogens with zero attached hydrogens (tertiary/aromatic N) is 5. The minimum atomic E-state index is 0.797. The molecule has 3 aromatic rings. The minimum absolute atomic E-state index is 0.797. The van der Waals surface area contributed by atoms with Crippen molar-refractivity contribution in [3.8, 4) is 5.82 Å². The monoisotopic (exact) mass is 311 g/mol. The quantitative estimate of drug-likeness (QED) is 0.640. The molecule has 0 saturated heterocycles. The van der Waals surface area contributed by atoms with Crippen LogP contribution in [0.4, 0.5) is 0 Å². The molecule has 0 amide bonds. The third-order valence-corrected chi connectivity index (χ3v) is 2.59. The molecule has 0 aromatic carbocycles. The number of hydrogen-bond donors (Lipinski definition) is 0. The normalized spacial score (nSPS) is 11.0. The molecule has 0 aliphatic carbocycles. The van der Waals surface area contributed by atoms with Gasteiger partial charge in [-0.2, -0.15) is 10.2 Å². The molecule has 0 N–H and O–H groups in total. The summed E-state index contributed by atoms with van der Waals surface area (Å²) in [6.07, 6.45) is 7.31. The minimum Gasteiger partial charge on any atom is -0.222 e. The Kier molecular flexibility index (Phi) is 1.94. The first kappa shape index (κ1) is 8.84. The van der Waals surface area contributed by atoms with Gasteiger partial charge in [0.15, 0.2) is 11.5 Å². The molecule has 74 valence electrons. The molecule has 3 aromatic heterocycles. The van der Waals surface area contributed by atoms with E-state index in [0.717, 1.165) is 15.0 Å². The molecule has 15 heavy (non-hydrogen) atoms. The molecule has 0 spiro atoms. The van der Waals surface area contributed by atoms with Crippen LogP contribution in [0.2, 0.25) is 0 Å². The summed E-state index contributed by atoms with van der Waals surface area (Å²) in [6.45, 7) is 0. The van der Waals surface area contributed by atoms with E-state index in [1.165, 1.54) is 0 Å².